The Balaban J connectivity index is -0.000000000186. The van der Waals surface area contributed by atoms with Gasteiger partial charge in [-0.25, -0.2) is 0 Å². The molecule has 0 spiro atoms. The Labute approximate surface area is 1370 Å². The van der Waals surface area contributed by atoms with Crippen LogP contribution in [0.15, 0.2) is 0 Å². The summed E-state index contributed by atoms with van der Waals surface area (Å²) in [5.41, 5.74) is 0. The van der Waals surface area contributed by atoms with Gasteiger partial charge in [0.1, 0.15) is 0 Å². The average Bonchev–Trinajstić information content (AvgIpc) is 1.25. The van der Waals surface area contributed by atoms with Crippen LogP contribution in [0.2, 0.25) is 0 Å². The van der Waals surface area contributed by atoms with Gasteiger partial charge in [-0.1, -0.05) is 27.7 Å². The molecule has 50 heavy (non-hydrogen) atoms. The SMILES string of the molecule is [CH2-]C(C)C.[CH2-]C(C)C.[Y].[Y].[Y].[Y].[Y].[Y].[Y].[Y].[Y].[Y].[Y].[Y].[Y].[Y].[Y].[Y].[Y].[Y].[Y].[Y].[Y].[Y].[Y].[Y].[Y].[Y].[Y].[Y].[Y].[Y].[Y].[Y].[Y].[Y].[Y].[Y].[Y].[Y].[Y].[Y].[Y].[Y]. The van der Waals surface area contributed by atoms with Gasteiger partial charge in [0.05, 0.1) is 0 Å². The van der Waals surface area contributed by atoms with E-state index in [4.69, 9.17) is 0 Å². The minimum Gasteiger partial charge on any atom is -0.341 e. The second-order valence-corrected chi connectivity index (χ2v) is 2.79. The Morgan fingerprint density at radius 2 is 0.140 bits per heavy atom. The molecule has 42 heteroatoms. The molecule has 0 aliphatic rings. The molecular formula is C8H18Y42-2. The smallest absolute Gasteiger partial charge is 0 e. The Morgan fingerprint density at radius 1 is 0.140 bits per heavy atom. The topological polar surface area (TPSA) is 0 Å². The molecule has 0 aromatic heterocycles. The zero-order chi connectivity index (χ0) is 7.15. The molecule has 0 atom stereocenters. The monoisotopic (exact) mass is 3850 g/mol. The van der Waals surface area contributed by atoms with Crippen LogP contribution in [0.4, 0.5) is 0 Å². The van der Waals surface area contributed by atoms with Gasteiger partial charge in [-0.2, -0.15) is 11.8 Å². The van der Waals surface area contributed by atoms with Crippen LogP contribution < -0.4 is 0 Å². The maximum absolute atomic E-state index is 3.64. The second-order valence-electron chi connectivity index (χ2n) is 2.79. The summed E-state index contributed by atoms with van der Waals surface area (Å²) in [5.74, 6) is 1.17. The second kappa shape index (κ2) is 310. The van der Waals surface area contributed by atoms with E-state index >= 15 is 0 Å². The summed E-state index contributed by atoms with van der Waals surface area (Å²) in [5, 5.41) is 0. The molecule has 0 fully saturated rings. The molecule has 0 aromatic rings. The first-order valence-corrected chi connectivity index (χ1v) is 3.13. The first-order valence-electron chi connectivity index (χ1n) is 3.13. The number of hydrogen-bond acceptors (Lipinski definition) is 0. The van der Waals surface area contributed by atoms with Crippen LogP contribution in [0.1, 0.15) is 27.7 Å². The van der Waals surface area contributed by atoms with E-state index in [-0.39, 0.29) is 1370 Å². The summed E-state index contributed by atoms with van der Waals surface area (Å²) in [7, 11) is 0. The molecule has 0 saturated carbocycles. The largest absolute Gasteiger partial charge is 0.341 e. The van der Waals surface area contributed by atoms with Gasteiger partial charge >= 0.3 is 0 Å². The van der Waals surface area contributed by atoms with Gasteiger partial charge < -0.3 is 13.8 Å². The van der Waals surface area contributed by atoms with Crippen LogP contribution in [-0.2, 0) is 1370 Å². The Morgan fingerprint density at radius 3 is 0.140 bits per heavy atom. The Bertz CT molecular complexity index is 47.2. The molecule has 0 saturated heterocycles. The van der Waals surface area contributed by atoms with Crippen molar-refractivity contribution in [2.75, 3.05) is 0 Å². The molecule has 178 valence electrons. The third-order valence-electron chi connectivity index (χ3n) is 0. The van der Waals surface area contributed by atoms with Crippen molar-refractivity contribution < 1.29 is 1370 Å². The van der Waals surface area contributed by atoms with E-state index in [1.54, 1.807) is 0 Å². The van der Waals surface area contributed by atoms with Crippen molar-refractivity contribution in [1.29, 1.82) is 0 Å². The van der Waals surface area contributed by atoms with E-state index in [0.29, 0.717) is 11.8 Å². The van der Waals surface area contributed by atoms with E-state index in [0.717, 1.165) is 0 Å². The molecule has 0 rings (SSSR count). The average molecular weight is 3850 g/mol. The minimum absolute atomic E-state index is 0. The summed E-state index contributed by atoms with van der Waals surface area (Å²) < 4.78 is 0. The molecule has 0 aromatic carbocycles. The van der Waals surface area contributed by atoms with Crippen LogP contribution in [0, 0.1) is 25.7 Å². The molecule has 0 unspecified atom stereocenters. The third kappa shape index (κ3) is 383. The first-order chi connectivity index (χ1) is 3.46. The van der Waals surface area contributed by atoms with Gasteiger partial charge in [-0.15, -0.1) is 0 Å². The predicted octanol–water partition coefficient (Wildman–Crippen LogP) is 2.85. The molecule has 0 aliphatic heterocycles. The maximum Gasteiger partial charge on any atom is 0 e. The van der Waals surface area contributed by atoms with Gasteiger partial charge in [0.2, 0.25) is 0 Å². The molecular weight excluding hydrogens is 3830 g/mol. The van der Waals surface area contributed by atoms with Crippen LogP contribution in [0.25, 0.3) is 0 Å². The third-order valence-corrected chi connectivity index (χ3v) is 0. The Kier molecular flexibility index (Phi) is 1980. The molecule has 42 radical (unpaired) electrons. The van der Waals surface area contributed by atoms with Crippen LogP contribution in [-0.4, -0.2) is 0 Å². The van der Waals surface area contributed by atoms with Crippen molar-refractivity contribution in [3.63, 3.8) is 0 Å². The molecule has 0 N–H and O–H groups in total. The number of hydrogen-bond donors (Lipinski definition) is 0. The molecule has 0 nitrogen and oxygen atoms in total. The van der Waals surface area contributed by atoms with E-state index in [1.165, 1.54) is 0 Å². The van der Waals surface area contributed by atoms with E-state index in [2.05, 4.69) is 41.5 Å². The van der Waals surface area contributed by atoms with Crippen molar-refractivity contribution in [3.8, 4) is 0 Å². The van der Waals surface area contributed by atoms with Crippen molar-refractivity contribution >= 4 is 0 Å². The van der Waals surface area contributed by atoms with E-state index in [1.807, 2.05) is 0 Å². The van der Waals surface area contributed by atoms with Gasteiger partial charge in [-0.3, -0.25) is 0 Å². The molecule has 0 amide bonds. The number of rotatable bonds is 0. The predicted molar refractivity (Wildman–Crippen MR) is 40.4 cm³/mol. The summed E-state index contributed by atoms with van der Waals surface area (Å²) in [6.07, 6.45) is 0. The molecule has 0 heterocycles. The Hall–Kier alpha value is 46.4. The van der Waals surface area contributed by atoms with Crippen molar-refractivity contribution in [1.82, 2.24) is 0 Å². The van der Waals surface area contributed by atoms with Gasteiger partial charge in [0.25, 0.3) is 0 Å². The quantitative estimate of drug-likeness (QED) is 0.328. The summed E-state index contributed by atoms with van der Waals surface area (Å²) in [4.78, 5) is 0. The van der Waals surface area contributed by atoms with Crippen LogP contribution in [0.3, 0.4) is 0 Å². The normalized spacial score (nSPS) is 1.44. The van der Waals surface area contributed by atoms with Gasteiger partial charge in [0.15, 0.2) is 0 Å². The summed E-state index contributed by atoms with van der Waals surface area (Å²) in [6, 6.07) is 0. The van der Waals surface area contributed by atoms with Crippen LogP contribution >= 0.6 is 0 Å². The fourth-order valence-electron chi connectivity index (χ4n) is 0. The fourth-order valence-corrected chi connectivity index (χ4v) is 0. The maximum atomic E-state index is 3.64. The van der Waals surface area contributed by atoms with Crippen molar-refractivity contribution in [2.24, 2.45) is 11.8 Å². The van der Waals surface area contributed by atoms with E-state index in [9.17, 15) is 0 Å². The summed E-state index contributed by atoms with van der Waals surface area (Å²) >= 11 is 0. The fraction of sp³-hybridized carbons (Fsp3) is 0.750. The van der Waals surface area contributed by atoms with Crippen molar-refractivity contribution in [3.05, 3.63) is 13.8 Å². The zero-order valence-corrected chi connectivity index (χ0v) is 150. The first kappa shape index (κ1) is 320. The van der Waals surface area contributed by atoms with Crippen molar-refractivity contribution in [2.45, 2.75) is 27.7 Å². The van der Waals surface area contributed by atoms with E-state index < -0.39 is 0 Å². The van der Waals surface area contributed by atoms with Gasteiger partial charge in [0, 0.05) is 1370 Å². The standard InChI is InChI=1S/2C4H9.42Y/c2*1-4(2)3;;;;;;;;;;;;;;;;;;;;;;;;;;;;;;;;;;;;;;;;;;/h2*4H,1H2,2-3H3;;;;;;;;;;;;;;;;;;;;;;;;;;;;;;;;;;;;;;;;;;/q2*-1;;;;;;;;;;;;;;;;;;;;;;;;;;;;;;;;;;;;;;;;;;. The molecule has 0 bridgehead atoms. The van der Waals surface area contributed by atoms with Gasteiger partial charge in [-0.05, 0) is 0 Å². The molecule has 0 aliphatic carbocycles. The minimum atomic E-state index is 0. The summed E-state index contributed by atoms with van der Waals surface area (Å²) in [6.45, 7) is 15.5. The van der Waals surface area contributed by atoms with Crippen LogP contribution in [0.5, 0.6) is 0 Å². The zero-order valence-electron chi connectivity index (χ0n) is 30.8.